The number of allylic oxidation sites excluding steroid dienone is 8. The number of fused-ring (bicyclic) bond motifs is 1. The molecule has 3 atom stereocenters. The zero-order chi connectivity index (χ0) is 19.0. The maximum absolute atomic E-state index is 5.98. The topological polar surface area (TPSA) is 9.23 Å². The van der Waals surface area contributed by atoms with Gasteiger partial charge in [-0.15, -0.1) is 0 Å². The first-order valence-corrected chi connectivity index (χ1v) is 11.4. The summed E-state index contributed by atoms with van der Waals surface area (Å²) < 4.78 is 5.98. The highest BCUT2D eigenvalue weighted by atomic mass is 16.5. The predicted octanol–water partition coefficient (Wildman–Crippen LogP) is 7.02. The third-order valence-electron chi connectivity index (χ3n) is 7.68. The molecule has 1 saturated heterocycles. The molecule has 2 fully saturated rings. The summed E-state index contributed by atoms with van der Waals surface area (Å²) in [4.78, 5) is 0. The van der Waals surface area contributed by atoms with Gasteiger partial charge in [0.2, 0.25) is 0 Å². The van der Waals surface area contributed by atoms with Gasteiger partial charge in [0.25, 0.3) is 0 Å². The molecule has 3 unspecified atom stereocenters. The van der Waals surface area contributed by atoms with Gasteiger partial charge in [0.15, 0.2) is 0 Å². The van der Waals surface area contributed by atoms with E-state index >= 15 is 0 Å². The number of ether oxygens (including phenoxy) is 1. The molecule has 1 saturated carbocycles. The van der Waals surface area contributed by atoms with Crippen molar-refractivity contribution in [1.29, 1.82) is 0 Å². The second-order valence-corrected chi connectivity index (χ2v) is 10.0. The van der Waals surface area contributed by atoms with Gasteiger partial charge >= 0.3 is 0 Å². The minimum absolute atomic E-state index is 0.545. The lowest BCUT2D eigenvalue weighted by atomic mass is 9.77. The van der Waals surface area contributed by atoms with Crippen LogP contribution in [0.25, 0.3) is 0 Å². The molecule has 0 aromatic carbocycles. The molecule has 0 spiro atoms. The summed E-state index contributed by atoms with van der Waals surface area (Å²) in [6, 6.07) is 0. The van der Waals surface area contributed by atoms with E-state index in [1.54, 1.807) is 16.7 Å². The molecule has 148 valence electrons. The van der Waals surface area contributed by atoms with Crippen molar-refractivity contribution in [3.05, 3.63) is 46.1 Å². The van der Waals surface area contributed by atoms with Crippen LogP contribution in [0.1, 0.15) is 72.6 Å². The molecule has 27 heavy (non-hydrogen) atoms. The Bertz CT molecular complexity index is 681. The minimum Gasteiger partial charge on any atom is -0.381 e. The second-order valence-electron chi connectivity index (χ2n) is 10.0. The van der Waals surface area contributed by atoms with Crippen molar-refractivity contribution in [2.45, 2.75) is 72.6 Å². The number of hydrogen-bond donors (Lipinski definition) is 0. The van der Waals surface area contributed by atoms with Crippen LogP contribution in [0.15, 0.2) is 46.1 Å². The summed E-state index contributed by atoms with van der Waals surface area (Å²) in [6.45, 7) is 11.3. The molecule has 0 aromatic heterocycles. The zero-order valence-corrected chi connectivity index (χ0v) is 17.9. The first-order chi connectivity index (χ1) is 13.0. The van der Waals surface area contributed by atoms with Crippen molar-refractivity contribution in [2.75, 3.05) is 13.2 Å². The normalized spacial score (nSPS) is 37.3. The molecule has 1 heterocycles. The van der Waals surface area contributed by atoms with Crippen LogP contribution in [-0.2, 0) is 4.74 Å². The molecule has 4 rings (SSSR count). The zero-order valence-electron chi connectivity index (χ0n) is 17.9. The Morgan fingerprint density at radius 1 is 0.889 bits per heavy atom. The SMILES string of the molecule is CC1=C(C)C2=CC(C3CCC(C)CC3)=CC2C(CC2CCC(C)COC2)=C1. The van der Waals surface area contributed by atoms with Crippen LogP contribution < -0.4 is 0 Å². The Balaban J connectivity index is 1.52. The third-order valence-corrected chi connectivity index (χ3v) is 7.68. The van der Waals surface area contributed by atoms with Crippen molar-refractivity contribution in [1.82, 2.24) is 0 Å². The van der Waals surface area contributed by atoms with E-state index in [1.165, 1.54) is 56.1 Å². The molecule has 1 heteroatoms. The fraction of sp³-hybridized carbons (Fsp3) is 0.692. The van der Waals surface area contributed by atoms with E-state index in [0.29, 0.717) is 11.8 Å². The smallest absolute Gasteiger partial charge is 0.0497 e. The fourth-order valence-corrected chi connectivity index (χ4v) is 5.60. The molecule has 0 amide bonds. The largest absolute Gasteiger partial charge is 0.381 e. The molecule has 1 nitrogen and oxygen atoms in total. The summed E-state index contributed by atoms with van der Waals surface area (Å²) in [5, 5.41) is 0. The quantitative estimate of drug-likeness (QED) is 0.521. The Hall–Kier alpha value is -1.08. The van der Waals surface area contributed by atoms with E-state index in [-0.39, 0.29) is 0 Å². The van der Waals surface area contributed by atoms with Crippen molar-refractivity contribution < 1.29 is 4.74 Å². The van der Waals surface area contributed by atoms with Gasteiger partial charge in [-0.2, -0.15) is 0 Å². The standard InChI is InChI=1S/C26H38O/c1-17-6-9-22(10-7-17)23-13-25-20(4)19(3)11-24(26(25)14-23)12-21-8-5-18(2)15-27-16-21/h11,13-14,17-18,21-22,26H,5-10,12,15-16H2,1-4H3. The van der Waals surface area contributed by atoms with Crippen LogP contribution in [0.4, 0.5) is 0 Å². The Kier molecular flexibility index (Phi) is 5.78. The Labute approximate surface area is 166 Å². The second kappa shape index (κ2) is 8.11. The van der Waals surface area contributed by atoms with Gasteiger partial charge in [0, 0.05) is 19.1 Å². The molecule has 3 aliphatic carbocycles. The molecular weight excluding hydrogens is 328 g/mol. The summed E-state index contributed by atoms with van der Waals surface area (Å²) in [7, 11) is 0. The predicted molar refractivity (Wildman–Crippen MR) is 115 cm³/mol. The molecule has 0 radical (unpaired) electrons. The highest BCUT2D eigenvalue weighted by molar-refractivity contribution is 5.57. The van der Waals surface area contributed by atoms with Gasteiger partial charge < -0.3 is 4.74 Å². The highest BCUT2D eigenvalue weighted by Crippen LogP contribution is 2.46. The van der Waals surface area contributed by atoms with E-state index in [1.807, 2.05) is 0 Å². The first-order valence-electron chi connectivity index (χ1n) is 11.4. The summed E-state index contributed by atoms with van der Waals surface area (Å²) >= 11 is 0. The van der Waals surface area contributed by atoms with Crippen molar-refractivity contribution in [3.63, 3.8) is 0 Å². The number of rotatable bonds is 3. The van der Waals surface area contributed by atoms with Gasteiger partial charge in [-0.25, -0.2) is 0 Å². The molecule has 0 bridgehead atoms. The maximum atomic E-state index is 5.98. The van der Waals surface area contributed by atoms with Gasteiger partial charge in [-0.05, 0) is 91.9 Å². The van der Waals surface area contributed by atoms with Crippen molar-refractivity contribution in [2.24, 2.45) is 29.6 Å². The summed E-state index contributed by atoms with van der Waals surface area (Å²) in [5.74, 6) is 3.69. The molecule has 1 aliphatic heterocycles. The fourth-order valence-electron chi connectivity index (χ4n) is 5.60. The van der Waals surface area contributed by atoms with E-state index in [0.717, 1.165) is 31.0 Å². The average molecular weight is 367 g/mol. The van der Waals surface area contributed by atoms with Gasteiger partial charge in [0.1, 0.15) is 0 Å². The van der Waals surface area contributed by atoms with Crippen LogP contribution >= 0.6 is 0 Å². The summed E-state index contributed by atoms with van der Waals surface area (Å²) in [5.41, 5.74) is 7.88. The van der Waals surface area contributed by atoms with Crippen LogP contribution in [0.3, 0.4) is 0 Å². The van der Waals surface area contributed by atoms with E-state index in [4.69, 9.17) is 4.74 Å². The van der Waals surface area contributed by atoms with Gasteiger partial charge in [-0.3, -0.25) is 0 Å². The van der Waals surface area contributed by atoms with Crippen molar-refractivity contribution in [3.8, 4) is 0 Å². The number of hydrogen-bond acceptors (Lipinski definition) is 1. The average Bonchev–Trinajstić information content (AvgIpc) is 3.00. The van der Waals surface area contributed by atoms with Crippen LogP contribution in [0.5, 0.6) is 0 Å². The van der Waals surface area contributed by atoms with Gasteiger partial charge in [0.05, 0.1) is 0 Å². The minimum atomic E-state index is 0.545. The van der Waals surface area contributed by atoms with Crippen molar-refractivity contribution >= 4 is 0 Å². The lowest BCUT2D eigenvalue weighted by Crippen LogP contribution is -2.15. The summed E-state index contributed by atoms with van der Waals surface area (Å²) in [6.07, 6.45) is 17.2. The van der Waals surface area contributed by atoms with Crippen LogP contribution in [-0.4, -0.2) is 13.2 Å². The van der Waals surface area contributed by atoms with E-state index in [2.05, 4.69) is 45.9 Å². The lowest BCUT2D eigenvalue weighted by molar-refractivity contribution is 0.0980. The molecular formula is C26H38O. The highest BCUT2D eigenvalue weighted by Gasteiger charge is 2.32. The van der Waals surface area contributed by atoms with Crippen LogP contribution in [0, 0.1) is 29.6 Å². The molecule has 4 aliphatic rings. The first kappa shape index (κ1) is 19.2. The Morgan fingerprint density at radius 3 is 2.41 bits per heavy atom. The maximum Gasteiger partial charge on any atom is 0.0497 e. The third kappa shape index (κ3) is 4.19. The molecule has 0 N–H and O–H groups in total. The Morgan fingerprint density at radius 2 is 1.63 bits per heavy atom. The van der Waals surface area contributed by atoms with Gasteiger partial charge in [-0.1, -0.05) is 50.5 Å². The van der Waals surface area contributed by atoms with E-state index in [9.17, 15) is 0 Å². The lowest BCUT2D eigenvalue weighted by Gasteiger charge is -2.27. The monoisotopic (exact) mass is 366 g/mol. The van der Waals surface area contributed by atoms with E-state index < -0.39 is 0 Å². The van der Waals surface area contributed by atoms with Crippen LogP contribution in [0.2, 0.25) is 0 Å². The molecule has 0 aromatic rings.